The third kappa shape index (κ3) is 5.10. The zero-order chi connectivity index (χ0) is 19.5. The zero-order valence-corrected chi connectivity index (χ0v) is 13.6. The van der Waals surface area contributed by atoms with Gasteiger partial charge in [-0.15, -0.1) is 0 Å². The number of anilines is 1. The molecule has 0 aromatic heterocycles. The predicted molar refractivity (Wildman–Crippen MR) is 79.8 cm³/mol. The Hall–Kier alpha value is -1.77. The van der Waals surface area contributed by atoms with Crippen LogP contribution in [0.2, 0.25) is 0 Å². The summed E-state index contributed by atoms with van der Waals surface area (Å²) in [5.41, 5.74) is -6.30. The highest BCUT2D eigenvalue weighted by Crippen LogP contribution is 2.50. The van der Waals surface area contributed by atoms with Gasteiger partial charge in [0.1, 0.15) is 0 Å². The van der Waals surface area contributed by atoms with Crippen molar-refractivity contribution in [2.24, 2.45) is 5.92 Å². The summed E-state index contributed by atoms with van der Waals surface area (Å²) in [6.45, 7) is 3.97. The Morgan fingerprint density at radius 2 is 1.52 bits per heavy atom. The fourth-order valence-corrected chi connectivity index (χ4v) is 2.18. The molecule has 0 fully saturated rings. The minimum atomic E-state index is -5.94. The Morgan fingerprint density at radius 1 is 1.04 bits per heavy atom. The van der Waals surface area contributed by atoms with Crippen molar-refractivity contribution in [2.75, 3.05) is 5.32 Å². The van der Waals surface area contributed by atoms with Crippen LogP contribution >= 0.6 is 0 Å². The number of alkyl halides is 6. The molecule has 0 saturated carbocycles. The summed E-state index contributed by atoms with van der Waals surface area (Å²) >= 11 is 0. The Kier molecular flexibility index (Phi) is 6.50. The van der Waals surface area contributed by atoms with Crippen LogP contribution in [0.4, 0.5) is 32.0 Å². The van der Waals surface area contributed by atoms with E-state index in [1.807, 2.05) is 13.8 Å². The molecule has 1 aromatic carbocycles. The van der Waals surface area contributed by atoms with E-state index in [0.717, 1.165) is 18.6 Å². The third-order valence-electron chi connectivity index (χ3n) is 3.59. The number of nitrogens with one attached hydrogen (secondary N) is 1. The van der Waals surface area contributed by atoms with Crippen LogP contribution in [0.25, 0.3) is 0 Å². The van der Waals surface area contributed by atoms with Crippen molar-refractivity contribution in [1.82, 2.24) is 0 Å². The first kappa shape index (κ1) is 21.3. The second kappa shape index (κ2) is 7.63. The third-order valence-corrected chi connectivity index (χ3v) is 3.59. The smallest absolute Gasteiger partial charge is 0.369 e. The van der Waals surface area contributed by atoms with Crippen LogP contribution in [0.15, 0.2) is 24.3 Å². The second-order valence-electron chi connectivity index (χ2n) is 6.12. The molecule has 0 aliphatic carbocycles. The van der Waals surface area contributed by atoms with Crippen LogP contribution in [0.1, 0.15) is 38.7 Å². The Bertz CT molecular complexity index is 564. The van der Waals surface area contributed by atoms with Gasteiger partial charge in [-0.05, 0) is 24.5 Å². The predicted octanol–water partition coefficient (Wildman–Crippen LogP) is 4.76. The van der Waals surface area contributed by atoms with Crippen LogP contribution in [-0.4, -0.2) is 23.4 Å². The number of benzene rings is 1. The average molecular weight is 371 g/mol. The van der Waals surface area contributed by atoms with Crippen molar-refractivity contribution >= 4 is 11.6 Å². The van der Waals surface area contributed by atoms with E-state index in [0.29, 0.717) is 24.5 Å². The van der Waals surface area contributed by atoms with Gasteiger partial charge in [0, 0.05) is 17.7 Å². The fraction of sp³-hybridized carbons (Fsp3) is 0.562. The normalized spacial score (nSPS) is 13.2. The molecule has 0 aliphatic rings. The molecule has 0 bridgehead atoms. The van der Waals surface area contributed by atoms with Crippen molar-refractivity contribution < 1.29 is 36.2 Å². The van der Waals surface area contributed by atoms with Gasteiger partial charge in [0.15, 0.2) is 0 Å². The summed E-state index contributed by atoms with van der Waals surface area (Å²) < 4.78 is 76.6. The highest BCUT2D eigenvalue weighted by molar-refractivity contribution is 5.90. The van der Waals surface area contributed by atoms with Crippen molar-refractivity contribution in [3.63, 3.8) is 0 Å². The molecule has 9 heteroatoms. The van der Waals surface area contributed by atoms with Gasteiger partial charge in [-0.1, -0.05) is 32.4 Å². The van der Waals surface area contributed by atoms with Crippen LogP contribution < -0.4 is 5.32 Å². The number of carbonyl (C=O) groups is 1. The highest BCUT2D eigenvalue weighted by atomic mass is 19.4. The molecule has 3 nitrogen and oxygen atoms in total. The number of halogens is 6. The van der Waals surface area contributed by atoms with Gasteiger partial charge >= 0.3 is 12.4 Å². The van der Waals surface area contributed by atoms with E-state index in [1.165, 1.54) is 0 Å². The van der Waals surface area contributed by atoms with E-state index in [9.17, 15) is 36.2 Å². The van der Waals surface area contributed by atoms with Gasteiger partial charge in [-0.3, -0.25) is 4.79 Å². The van der Waals surface area contributed by atoms with Crippen molar-refractivity contribution in [2.45, 2.75) is 51.1 Å². The average Bonchev–Trinajstić information content (AvgIpc) is 2.44. The SMILES string of the molecule is CC(C)CCCC(=O)Nc1ccc(C(O)(C(F)(F)F)C(F)(F)F)cc1. The lowest BCUT2D eigenvalue weighted by Crippen LogP contribution is -2.53. The number of rotatable bonds is 6. The van der Waals surface area contributed by atoms with Crippen molar-refractivity contribution in [1.29, 1.82) is 0 Å². The lowest BCUT2D eigenvalue weighted by atomic mass is 9.92. The molecule has 0 saturated heterocycles. The summed E-state index contributed by atoms with van der Waals surface area (Å²) in [5.74, 6) is 0.0183. The lowest BCUT2D eigenvalue weighted by molar-refractivity contribution is -0.376. The van der Waals surface area contributed by atoms with Gasteiger partial charge in [-0.2, -0.15) is 26.3 Å². The number of hydrogen-bond acceptors (Lipinski definition) is 2. The fourth-order valence-electron chi connectivity index (χ4n) is 2.18. The molecule has 0 spiro atoms. The number of aliphatic hydroxyl groups is 1. The van der Waals surface area contributed by atoms with Gasteiger partial charge < -0.3 is 10.4 Å². The Balaban J connectivity index is 2.89. The van der Waals surface area contributed by atoms with Gasteiger partial charge in [0.25, 0.3) is 5.60 Å². The minimum Gasteiger partial charge on any atom is -0.369 e. The molecule has 25 heavy (non-hydrogen) atoms. The number of carbonyl (C=O) groups excluding carboxylic acids is 1. The molecule has 0 atom stereocenters. The summed E-state index contributed by atoms with van der Waals surface area (Å²) in [7, 11) is 0. The van der Waals surface area contributed by atoms with Crippen LogP contribution in [0.3, 0.4) is 0 Å². The van der Waals surface area contributed by atoms with E-state index in [4.69, 9.17) is 0 Å². The molecule has 0 radical (unpaired) electrons. The van der Waals surface area contributed by atoms with Gasteiger partial charge in [0.2, 0.25) is 5.91 Å². The first-order chi connectivity index (χ1) is 11.3. The standard InChI is InChI=1S/C16H19F6NO2/c1-10(2)4-3-5-13(24)23-12-8-6-11(7-9-12)14(25,15(17,18)19)16(20,21)22/h6-10,25H,3-5H2,1-2H3,(H,23,24). The van der Waals surface area contributed by atoms with Crippen molar-refractivity contribution in [3.8, 4) is 0 Å². The first-order valence-electron chi connectivity index (χ1n) is 7.55. The largest absolute Gasteiger partial charge is 0.430 e. The summed E-state index contributed by atoms with van der Waals surface area (Å²) in [6.07, 6.45) is -10.3. The van der Waals surface area contributed by atoms with Crippen molar-refractivity contribution in [3.05, 3.63) is 29.8 Å². The Morgan fingerprint density at radius 3 is 1.92 bits per heavy atom. The van der Waals surface area contributed by atoms with Crippen LogP contribution in [0.5, 0.6) is 0 Å². The molecule has 1 rings (SSSR count). The molecule has 1 amide bonds. The van der Waals surface area contributed by atoms with Crippen LogP contribution in [0, 0.1) is 5.92 Å². The maximum Gasteiger partial charge on any atom is 0.430 e. The molecule has 0 unspecified atom stereocenters. The molecule has 2 N–H and O–H groups in total. The monoisotopic (exact) mass is 371 g/mol. The summed E-state index contributed by atoms with van der Waals surface area (Å²) in [4.78, 5) is 11.7. The molecular formula is C16H19F6NO2. The zero-order valence-electron chi connectivity index (χ0n) is 13.6. The molecular weight excluding hydrogens is 352 g/mol. The molecule has 1 aromatic rings. The number of hydrogen-bond donors (Lipinski definition) is 2. The summed E-state index contributed by atoms with van der Waals surface area (Å²) in [5, 5.41) is 11.6. The molecule has 142 valence electrons. The van der Waals surface area contributed by atoms with E-state index in [1.54, 1.807) is 0 Å². The lowest BCUT2D eigenvalue weighted by Gasteiger charge is -2.32. The van der Waals surface area contributed by atoms with E-state index < -0.39 is 29.4 Å². The maximum atomic E-state index is 12.8. The van der Waals surface area contributed by atoms with Crippen LogP contribution in [-0.2, 0) is 10.4 Å². The first-order valence-corrected chi connectivity index (χ1v) is 7.55. The second-order valence-corrected chi connectivity index (χ2v) is 6.12. The quantitative estimate of drug-likeness (QED) is 0.708. The molecule has 0 aliphatic heterocycles. The van der Waals surface area contributed by atoms with E-state index in [-0.39, 0.29) is 12.1 Å². The highest BCUT2D eigenvalue weighted by Gasteiger charge is 2.71. The molecule has 0 heterocycles. The minimum absolute atomic E-state index is 0.0463. The van der Waals surface area contributed by atoms with Gasteiger partial charge in [-0.25, -0.2) is 0 Å². The van der Waals surface area contributed by atoms with E-state index in [2.05, 4.69) is 5.32 Å². The topological polar surface area (TPSA) is 49.3 Å². The van der Waals surface area contributed by atoms with Gasteiger partial charge in [0.05, 0.1) is 0 Å². The summed E-state index contributed by atoms with van der Waals surface area (Å²) in [6, 6.07) is 2.76. The van der Waals surface area contributed by atoms with E-state index >= 15 is 0 Å². The maximum absolute atomic E-state index is 12.8. The number of amides is 1. The Labute approximate surface area is 141 Å².